The molecule has 28 nitrogen and oxygen atoms in total. The molecule has 3 heterocycles. The largest absolute Gasteiger partial charge is 0.481 e. The number of nitrogen functional groups attached to an aromatic ring is 1. The molecule has 336 valence electrons. The van der Waals surface area contributed by atoms with E-state index in [0.29, 0.717) is 12.3 Å². The number of nitrogens with one attached hydrogen (secondary N) is 2. The molecule has 0 saturated carbocycles. The molecule has 0 radical (unpaired) electrons. The number of anilines is 1. The third kappa shape index (κ3) is 16.6. The van der Waals surface area contributed by atoms with Crippen LogP contribution in [0.5, 0.6) is 0 Å². The third-order valence-corrected chi connectivity index (χ3v) is 11.1. The summed E-state index contributed by atoms with van der Waals surface area (Å²) in [6.07, 6.45) is -8.67. The lowest BCUT2D eigenvalue weighted by Crippen LogP contribution is -2.46. The summed E-state index contributed by atoms with van der Waals surface area (Å²) >= 11 is 3.95. The van der Waals surface area contributed by atoms with Crippen molar-refractivity contribution < 1.29 is 101 Å². The molecule has 1 aliphatic heterocycles. The lowest BCUT2D eigenvalue weighted by atomic mass is 9.87. The van der Waals surface area contributed by atoms with Crippen LogP contribution in [0.3, 0.4) is 0 Å². The lowest BCUT2D eigenvalue weighted by Gasteiger charge is -2.30. The molecule has 59 heavy (non-hydrogen) atoms. The first-order valence-corrected chi connectivity index (χ1v) is 21.9. The summed E-state index contributed by atoms with van der Waals surface area (Å²) in [6.45, 7) is 2.09. The number of thiol groups is 1. The molecule has 0 spiro atoms. The van der Waals surface area contributed by atoms with Gasteiger partial charge in [-0.1, -0.05) is 20.8 Å². The highest BCUT2D eigenvalue weighted by Gasteiger charge is 2.50. The smallest absolute Gasteiger partial charge is 0.481 e. The number of aliphatic hydroxyl groups excluding tert-OH is 3. The molecule has 2 aromatic heterocycles. The highest BCUT2D eigenvalue weighted by molar-refractivity contribution is 7.80. The number of phosphoric acid groups is 3. The number of carboxylic acid groups (broad SMARTS) is 2. The fourth-order valence-corrected chi connectivity index (χ4v) is 7.71. The Balaban J connectivity index is 0.000000951. The molecule has 13 N–H and O–H groups in total. The molecule has 0 aliphatic carbocycles. The summed E-state index contributed by atoms with van der Waals surface area (Å²) in [7, 11) is -16.3. The van der Waals surface area contributed by atoms with Gasteiger partial charge in [-0.05, 0) is 0 Å². The van der Waals surface area contributed by atoms with Gasteiger partial charge >= 0.3 is 35.4 Å². The Bertz CT molecular complexity index is 1920. The van der Waals surface area contributed by atoms with Crippen molar-refractivity contribution in [1.82, 2.24) is 30.2 Å². The predicted octanol–water partition coefficient (Wildman–Crippen LogP) is -2.12. The number of carboxylic acids is 2. The second-order valence-electron chi connectivity index (χ2n) is 13.2. The van der Waals surface area contributed by atoms with Crippen molar-refractivity contribution in [3.8, 4) is 0 Å². The number of amides is 2. The molecular formula is C27H46N7O21P3S. The van der Waals surface area contributed by atoms with Gasteiger partial charge in [0.05, 0.1) is 26.0 Å². The first-order chi connectivity index (χ1) is 27.1. The number of carbonyl (C=O) groups is 4. The summed E-state index contributed by atoms with van der Waals surface area (Å²) in [5.74, 6) is -4.21. The van der Waals surface area contributed by atoms with E-state index in [-0.39, 0.29) is 42.3 Å². The molecule has 2 amide bonds. The van der Waals surface area contributed by atoms with Crippen LogP contribution in [0, 0.1) is 11.3 Å². The summed E-state index contributed by atoms with van der Waals surface area (Å²) in [6, 6.07) is 0. The van der Waals surface area contributed by atoms with Gasteiger partial charge in [0.1, 0.15) is 36.3 Å². The minimum absolute atomic E-state index is 0.0363. The Morgan fingerprint density at radius 1 is 1.02 bits per heavy atom. The first-order valence-electron chi connectivity index (χ1n) is 16.7. The maximum absolute atomic E-state index is 12.6. The van der Waals surface area contributed by atoms with Crippen LogP contribution >= 0.6 is 36.1 Å². The SMILES string of the molecule is CC(C)(COP(=O)(O)OP(=O)(O)OC[C@H]1O[C@@H](n2cnc3c(N)ncnc32)[C@H](O)[C@@H]1OP(=O)(O)O)[C@@H](O)C(=O)NCCC(=O)NCCS.CC(CC(=O)O)C(O)C(=O)O. The standard InChI is InChI=1S/C21H36N7O16P3S.C6H10O5/c1-21(2,16(31)19(32)24-4-3-12(29)23-5-6-48)8-41-47(38,39)44-46(36,37)40-7-11-15(43-45(33,34)35)14(30)20(42-11)28-10-27-13-17(22)25-9-26-18(13)28;1-3(2-4(7)8)5(9)6(10)11/h9-11,14-16,20,30-31,48H,3-8H2,1-2H3,(H,23,29)(H,24,32)(H,36,37)(H,38,39)(H2,22,25,26)(H2,33,34,35);3,5,9H,2H2,1H3,(H,7,8)(H,10,11)/t11-,14-,15-,16+,20-;/m1./s1. The minimum atomic E-state index is -5.54. The van der Waals surface area contributed by atoms with Crippen molar-refractivity contribution >= 4 is 76.8 Å². The number of nitrogens with two attached hydrogens (primary N) is 1. The van der Waals surface area contributed by atoms with Gasteiger partial charge in [-0.25, -0.2) is 33.4 Å². The van der Waals surface area contributed by atoms with Gasteiger partial charge in [-0.3, -0.25) is 32.5 Å². The van der Waals surface area contributed by atoms with Crippen LogP contribution in [0.25, 0.3) is 11.2 Å². The van der Waals surface area contributed by atoms with Gasteiger partial charge in [0, 0.05) is 36.6 Å². The first kappa shape index (κ1) is 51.9. The fraction of sp³-hybridized carbons (Fsp3) is 0.667. The summed E-state index contributed by atoms with van der Waals surface area (Å²) < 4.78 is 61.7. The maximum atomic E-state index is 12.6. The van der Waals surface area contributed by atoms with E-state index in [9.17, 15) is 62.7 Å². The molecule has 2 aromatic rings. The Labute approximate surface area is 339 Å². The number of aliphatic carboxylic acids is 2. The number of hydrogen-bond donors (Lipinski definition) is 13. The number of ether oxygens (including phenoxy) is 1. The van der Waals surface area contributed by atoms with Crippen LogP contribution in [0.15, 0.2) is 12.7 Å². The second-order valence-corrected chi connectivity index (χ2v) is 17.8. The quantitative estimate of drug-likeness (QED) is 0.0443. The molecule has 0 bridgehead atoms. The summed E-state index contributed by atoms with van der Waals surface area (Å²) in [4.78, 5) is 94.7. The molecule has 1 aliphatic rings. The number of aromatic nitrogens is 4. The minimum Gasteiger partial charge on any atom is -0.481 e. The van der Waals surface area contributed by atoms with Crippen molar-refractivity contribution in [2.75, 3.05) is 37.8 Å². The monoisotopic (exact) mass is 929 g/mol. The molecule has 9 atom stereocenters. The second kappa shape index (κ2) is 22.1. The number of carbonyl (C=O) groups excluding carboxylic acids is 2. The number of hydrogen-bond acceptors (Lipinski definition) is 20. The maximum Gasteiger partial charge on any atom is 0.481 e. The zero-order chi connectivity index (χ0) is 45.1. The number of imidazole rings is 1. The molecule has 3 rings (SSSR count). The molecule has 32 heteroatoms. The van der Waals surface area contributed by atoms with Gasteiger partial charge < -0.3 is 66.2 Å². The van der Waals surface area contributed by atoms with Crippen molar-refractivity contribution in [2.24, 2.45) is 11.3 Å². The summed E-state index contributed by atoms with van der Waals surface area (Å²) in [5.41, 5.74) is 4.30. The van der Waals surface area contributed by atoms with Crippen LogP contribution in [0.2, 0.25) is 0 Å². The highest BCUT2D eigenvalue weighted by atomic mass is 32.1. The van der Waals surface area contributed by atoms with E-state index < -0.39 is 103 Å². The zero-order valence-electron chi connectivity index (χ0n) is 31.2. The van der Waals surface area contributed by atoms with E-state index in [1.54, 1.807) is 0 Å². The molecule has 1 fully saturated rings. The summed E-state index contributed by atoms with van der Waals surface area (Å²) in [5, 5.41) is 51.3. The normalized spacial score (nSPS) is 21.9. The van der Waals surface area contributed by atoms with Gasteiger partial charge in [-0.15, -0.1) is 0 Å². The molecular weight excluding hydrogens is 883 g/mol. The number of fused-ring (bicyclic) bond motifs is 1. The van der Waals surface area contributed by atoms with Crippen LogP contribution < -0.4 is 16.4 Å². The predicted molar refractivity (Wildman–Crippen MR) is 199 cm³/mol. The van der Waals surface area contributed by atoms with E-state index >= 15 is 0 Å². The van der Waals surface area contributed by atoms with Gasteiger partial charge in [0.15, 0.2) is 23.8 Å². The Morgan fingerprint density at radius 3 is 2.22 bits per heavy atom. The number of rotatable bonds is 22. The molecule has 0 aromatic carbocycles. The Morgan fingerprint density at radius 2 is 1.64 bits per heavy atom. The fourth-order valence-electron chi connectivity index (χ4n) is 4.77. The number of phosphoric ester groups is 3. The molecule has 4 unspecified atom stereocenters. The van der Waals surface area contributed by atoms with Crippen LogP contribution in [-0.2, 0) is 55.5 Å². The number of aliphatic hydroxyl groups is 3. The van der Waals surface area contributed by atoms with E-state index in [1.165, 1.54) is 20.8 Å². The van der Waals surface area contributed by atoms with Crippen molar-refractivity contribution in [3.63, 3.8) is 0 Å². The van der Waals surface area contributed by atoms with Gasteiger partial charge in [-0.2, -0.15) is 16.9 Å². The van der Waals surface area contributed by atoms with Crippen molar-refractivity contribution in [3.05, 3.63) is 12.7 Å². The van der Waals surface area contributed by atoms with Crippen molar-refractivity contribution in [2.45, 2.75) is 70.4 Å². The van der Waals surface area contributed by atoms with Gasteiger partial charge in [0.2, 0.25) is 11.8 Å². The average Bonchev–Trinajstić information content (AvgIpc) is 3.68. The topological polar surface area (TPSA) is 441 Å². The van der Waals surface area contributed by atoms with E-state index in [1.807, 2.05) is 0 Å². The van der Waals surface area contributed by atoms with Crippen LogP contribution in [-0.4, -0.2) is 151 Å². The van der Waals surface area contributed by atoms with Crippen LogP contribution in [0.1, 0.15) is 39.8 Å². The van der Waals surface area contributed by atoms with Crippen molar-refractivity contribution in [1.29, 1.82) is 0 Å². The lowest BCUT2D eigenvalue weighted by molar-refractivity contribution is -0.151. The van der Waals surface area contributed by atoms with E-state index in [4.69, 9.17) is 34.8 Å². The Kier molecular flexibility index (Phi) is 19.4. The zero-order valence-corrected chi connectivity index (χ0v) is 34.8. The van der Waals surface area contributed by atoms with E-state index in [0.717, 1.165) is 17.2 Å². The highest BCUT2D eigenvalue weighted by Crippen LogP contribution is 2.61. The van der Waals surface area contributed by atoms with Gasteiger partial charge in [0.25, 0.3) is 0 Å². The Hall–Kier alpha value is -3.21. The average molecular weight is 930 g/mol. The third-order valence-electron chi connectivity index (χ3n) is 7.80. The van der Waals surface area contributed by atoms with Crippen LogP contribution in [0.4, 0.5) is 5.82 Å². The number of nitrogens with zero attached hydrogens (tertiary/aromatic N) is 4. The van der Waals surface area contributed by atoms with E-state index in [2.05, 4.69) is 47.0 Å². The molecule has 1 saturated heterocycles.